The highest BCUT2D eigenvalue weighted by molar-refractivity contribution is 7.99. The Morgan fingerprint density at radius 2 is 2.20 bits per heavy atom. The molecule has 1 aromatic rings. The van der Waals surface area contributed by atoms with Crippen LogP contribution in [0.25, 0.3) is 0 Å². The van der Waals surface area contributed by atoms with Crippen molar-refractivity contribution < 1.29 is 4.79 Å². The number of carbonyl (C=O) groups excluding carboxylic acids is 1. The molecule has 5 heteroatoms. The third-order valence-electron chi connectivity index (χ3n) is 3.64. The van der Waals surface area contributed by atoms with E-state index in [4.69, 9.17) is 11.6 Å². The lowest BCUT2D eigenvalue weighted by Gasteiger charge is -2.30. The molecule has 1 fully saturated rings. The Bertz CT molecular complexity index is 455. The molecule has 0 spiro atoms. The van der Waals surface area contributed by atoms with Gasteiger partial charge in [0.15, 0.2) is 0 Å². The largest absolute Gasteiger partial charge is 0.325 e. The van der Waals surface area contributed by atoms with Crippen LogP contribution < -0.4 is 10.6 Å². The lowest BCUT2D eigenvalue weighted by Crippen LogP contribution is -2.43. The summed E-state index contributed by atoms with van der Waals surface area (Å²) in [6, 6.07) is 7.67. The van der Waals surface area contributed by atoms with Crippen molar-refractivity contribution >= 4 is 35.0 Å². The summed E-state index contributed by atoms with van der Waals surface area (Å²) in [5.74, 6) is -0.0160. The number of hydrogen-bond donors (Lipinski definition) is 2. The monoisotopic (exact) mass is 312 g/mol. The van der Waals surface area contributed by atoms with Crippen LogP contribution in [-0.2, 0) is 4.79 Å². The van der Waals surface area contributed by atoms with Crippen molar-refractivity contribution in [2.45, 2.75) is 37.0 Å². The van der Waals surface area contributed by atoms with Gasteiger partial charge in [-0.15, -0.1) is 0 Å². The quantitative estimate of drug-likeness (QED) is 0.873. The van der Waals surface area contributed by atoms with Crippen molar-refractivity contribution in [2.24, 2.45) is 0 Å². The molecule has 0 aromatic heterocycles. The lowest BCUT2D eigenvalue weighted by atomic mass is 9.95. The van der Waals surface area contributed by atoms with Crippen molar-refractivity contribution in [2.75, 3.05) is 18.1 Å². The Morgan fingerprint density at radius 3 is 2.95 bits per heavy atom. The SMILES string of the molecule is CSC1CCCCC1NCC(=O)Nc1cccc(Cl)c1. The summed E-state index contributed by atoms with van der Waals surface area (Å²) in [7, 11) is 0. The Hall–Kier alpha value is -0.710. The van der Waals surface area contributed by atoms with E-state index in [0.29, 0.717) is 22.9 Å². The zero-order chi connectivity index (χ0) is 14.4. The minimum atomic E-state index is -0.0160. The standard InChI is InChI=1S/C15H21ClN2OS/c1-20-14-8-3-2-7-13(14)17-10-15(19)18-12-6-4-5-11(16)9-12/h4-6,9,13-14,17H,2-3,7-8,10H2,1H3,(H,18,19). The number of amides is 1. The normalized spacial score (nSPS) is 22.5. The van der Waals surface area contributed by atoms with Crippen LogP contribution in [0.1, 0.15) is 25.7 Å². The first kappa shape index (κ1) is 15.7. The fourth-order valence-corrected chi connectivity index (χ4v) is 3.76. The van der Waals surface area contributed by atoms with E-state index < -0.39 is 0 Å². The molecule has 110 valence electrons. The number of rotatable bonds is 5. The molecule has 2 rings (SSSR count). The molecular weight excluding hydrogens is 292 g/mol. The number of thioether (sulfide) groups is 1. The fourth-order valence-electron chi connectivity index (χ4n) is 2.61. The third kappa shape index (κ3) is 4.69. The predicted molar refractivity (Wildman–Crippen MR) is 87.6 cm³/mol. The highest BCUT2D eigenvalue weighted by atomic mass is 35.5. The van der Waals surface area contributed by atoms with Gasteiger partial charge in [-0.25, -0.2) is 0 Å². The molecule has 1 amide bonds. The molecule has 0 heterocycles. The van der Waals surface area contributed by atoms with Gasteiger partial charge in [0.25, 0.3) is 0 Å². The third-order valence-corrected chi connectivity index (χ3v) is 5.04. The van der Waals surface area contributed by atoms with E-state index in [1.165, 1.54) is 19.3 Å². The van der Waals surface area contributed by atoms with Gasteiger partial charge in [0.05, 0.1) is 6.54 Å². The van der Waals surface area contributed by atoms with Crippen LogP contribution in [0.4, 0.5) is 5.69 Å². The van der Waals surface area contributed by atoms with Crippen molar-refractivity contribution in [1.29, 1.82) is 0 Å². The van der Waals surface area contributed by atoms with E-state index in [2.05, 4.69) is 16.9 Å². The van der Waals surface area contributed by atoms with Crippen LogP contribution in [0.5, 0.6) is 0 Å². The van der Waals surface area contributed by atoms with Crippen LogP contribution in [0.15, 0.2) is 24.3 Å². The van der Waals surface area contributed by atoms with E-state index in [1.807, 2.05) is 23.9 Å². The van der Waals surface area contributed by atoms with Gasteiger partial charge >= 0.3 is 0 Å². The summed E-state index contributed by atoms with van der Waals surface area (Å²) < 4.78 is 0. The average molecular weight is 313 g/mol. The summed E-state index contributed by atoms with van der Waals surface area (Å²) in [6.07, 6.45) is 7.12. The maximum atomic E-state index is 11.9. The van der Waals surface area contributed by atoms with Gasteiger partial charge < -0.3 is 10.6 Å². The summed E-state index contributed by atoms with van der Waals surface area (Å²) in [5.41, 5.74) is 0.745. The highest BCUT2D eigenvalue weighted by Gasteiger charge is 2.24. The van der Waals surface area contributed by atoms with E-state index in [9.17, 15) is 4.79 Å². The Morgan fingerprint density at radius 1 is 1.40 bits per heavy atom. The van der Waals surface area contributed by atoms with Gasteiger partial charge in [0.2, 0.25) is 5.91 Å². The number of hydrogen-bond acceptors (Lipinski definition) is 3. The first-order chi connectivity index (χ1) is 9.69. The molecule has 1 aliphatic rings. The number of anilines is 1. The second-order valence-corrected chi connectivity index (χ2v) is 6.62. The average Bonchev–Trinajstić information content (AvgIpc) is 2.45. The molecule has 1 aromatic carbocycles. The molecule has 2 N–H and O–H groups in total. The van der Waals surface area contributed by atoms with Crippen molar-refractivity contribution in [3.63, 3.8) is 0 Å². The van der Waals surface area contributed by atoms with Crippen molar-refractivity contribution in [1.82, 2.24) is 5.32 Å². The summed E-state index contributed by atoms with van der Waals surface area (Å²) in [4.78, 5) is 11.9. The van der Waals surface area contributed by atoms with Crippen LogP contribution in [0, 0.1) is 0 Å². The summed E-state index contributed by atoms with van der Waals surface area (Å²) in [5, 5.41) is 7.51. The van der Waals surface area contributed by atoms with Crippen LogP contribution >= 0.6 is 23.4 Å². The van der Waals surface area contributed by atoms with Gasteiger partial charge in [-0.3, -0.25) is 4.79 Å². The number of benzene rings is 1. The number of halogens is 1. The molecule has 1 aliphatic carbocycles. The number of nitrogens with one attached hydrogen (secondary N) is 2. The van der Waals surface area contributed by atoms with E-state index in [0.717, 1.165) is 12.1 Å². The van der Waals surface area contributed by atoms with Crippen LogP contribution in [0.3, 0.4) is 0 Å². The highest BCUT2D eigenvalue weighted by Crippen LogP contribution is 2.27. The minimum absolute atomic E-state index is 0.0160. The van der Waals surface area contributed by atoms with Gasteiger partial charge in [-0.1, -0.05) is 30.5 Å². The zero-order valence-electron chi connectivity index (χ0n) is 11.7. The molecule has 0 radical (unpaired) electrons. The van der Waals surface area contributed by atoms with Crippen molar-refractivity contribution in [3.8, 4) is 0 Å². The van der Waals surface area contributed by atoms with Crippen molar-refractivity contribution in [3.05, 3.63) is 29.3 Å². The second-order valence-electron chi connectivity index (χ2n) is 5.10. The molecule has 0 aliphatic heterocycles. The van der Waals surface area contributed by atoms with Gasteiger partial charge in [-0.05, 0) is 37.3 Å². The van der Waals surface area contributed by atoms with Gasteiger partial charge in [-0.2, -0.15) is 11.8 Å². The Balaban J connectivity index is 1.79. The van der Waals surface area contributed by atoms with E-state index in [1.54, 1.807) is 12.1 Å². The van der Waals surface area contributed by atoms with Gasteiger partial charge in [0.1, 0.15) is 0 Å². The molecule has 2 atom stereocenters. The van der Waals surface area contributed by atoms with Crippen LogP contribution in [0.2, 0.25) is 5.02 Å². The molecule has 2 unspecified atom stereocenters. The topological polar surface area (TPSA) is 41.1 Å². The van der Waals surface area contributed by atoms with E-state index in [-0.39, 0.29) is 5.91 Å². The smallest absolute Gasteiger partial charge is 0.238 e. The van der Waals surface area contributed by atoms with Crippen LogP contribution in [-0.4, -0.2) is 30.0 Å². The second kappa shape index (κ2) is 7.91. The molecule has 1 saturated carbocycles. The Kier molecular flexibility index (Phi) is 6.20. The summed E-state index contributed by atoms with van der Waals surface area (Å²) in [6.45, 7) is 0.355. The first-order valence-electron chi connectivity index (χ1n) is 7.00. The molecule has 0 bridgehead atoms. The lowest BCUT2D eigenvalue weighted by molar-refractivity contribution is -0.115. The first-order valence-corrected chi connectivity index (χ1v) is 8.67. The van der Waals surface area contributed by atoms with E-state index >= 15 is 0 Å². The zero-order valence-corrected chi connectivity index (χ0v) is 13.3. The molecule has 20 heavy (non-hydrogen) atoms. The number of carbonyl (C=O) groups is 1. The molecule has 3 nitrogen and oxygen atoms in total. The maximum Gasteiger partial charge on any atom is 0.238 e. The van der Waals surface area contributed by atoms with Gasteiger partial charge in [0, 0.05) is 22.0 Å². The maximum absolute atomic E-state index is 11.9. The minimum Gasteiger partial charge on any atom is -0.325 e. The molecule has 0 saturated heterocycles. The summed E-state index contributed by atoms with van der Waals surface area (Å²) >= 11 is 7.80. The molecular formula is C15H21ClN2OS. The fraction of sp³-hybridized carbons (Fsp3) is 0.533. The predicted octanol–water partition coefficient (Wildman–Crippen LogP) is 3.54. The Labute approximate surface area is 129 Å².